The molecule has 138 valence electrons. The largest absolute Gasteiger partial charge is 0.433 e. The summed E-state index contributed by atoms with van der Waals surface area (Å²) in [6, 6.07) is 16.6. The van der Waals surface area contributed by atoms with Crippen LogP contribution in [0, 0.1) is 6.92 Å². The summed E-state index contributed by atoms with van der Waals surface area (Å²) in [6.45, 7) is 3.27. The SMILES string of the molecule is Cc1nc([C@H](C)NC(=O)c2ccc(-c3ccccc3)cc2)oc1C(=O)NO. The number of oxazole rings is 1. The first-order valence-electron chi connectivity index (χ1n) is 8.37. The zero-order chi connectivity index (χ0) is 19.4. The Labute approximate surface area is 156 Å². The summed E-state index contributed by atoms with van der Waals surface area (Å²) in [5.41, 5.74) is 4.41. The van der Waals surface area contributed by atoms with Crippen LogP contribution in [0.15, 0.2) is 59.0 Å². The fourth-order valence-corrected chi connectivity index (χ4v) is 2.65. The average Bonchev–Trinajstić information content (AvgIpc) is 3.10. The summed E-state index contributed by atoms with van der Waals surface area (Å²) in [4.78, 5) is 28.1. The Morgan fingerprint density at radius 2 is 1.63 bits per heavy atom. The Balaban J connectivity index is 1.71. The monoisotopic (exact) mass is 365 g/mol. The van der Waals surface area contributed by atoms with Gasteiger partial charge >= 0.3 is 5.91 Å². The minimum Gasteiger partial charge on any atom is -0.433 e. The summed E-state index contributed by atoms with van der Waals surface area (Å²) in [7, 11) is 0. The molecule has 7 nitrogen and oxygen atoms in total. The Bertz CT molecular complexity index is 949. The van der Waals surface area contributed by atoms with Gasteiger partial charge in [0.15, 0.2) is 0 Å². The summed E-state index contributed by atoms with van der Waals surface area (Å²) in [5, 5.41) is 11.5. The molecule has 0 aliphatic carbocycles. The molecule has 2 amide bonds. The van der Waals surface area contributed by atoms with Gasteiger partial charge in [-0.2, -0.15) is 0 Å². The maximum atomic E-state index is 12.5. The third-order valence-electron chi connectivity index (χ3n) is 4.09. The van der Waals surface area contributed by atoms with Crippen LogP contribution in [-0.2, 0) is 0 Å². The molecule has 3 aromatic rings. The molecule has 0 radical (unpaired) electrons. The van der Waals surface area contributed by atoms with Crippen LogP contribution >= 0.6 is 0 Å². The topological polar surface area (TPSA) is 104 Å². The number of benzene rings is 2. The van der Waals surface area contributed by atoms with Gasteiger partial charge in [-0.05, 0) is 37.1 Å². The van der Waals surface area contributed by atoms with E-state index in [-0.39, 0.29) is 17.6 Å². The number of carbonyl (C=O) groups is 2. The molecule has 0 saturated heterocycles. The highest BCUT2D eigenvalue weighted by Crippen LogP contribution is 2.20. The Hall–Kier alpha value is -3.45. The lowest BCUT2D eigenvalue weighted by Gasteiger charge is -2.11. The first-order valence-corrected chi connectivity index (χ1v) is 8.37. The number of nitrogens with zero attached hydrogens (tertiary/aromatic N) is 1. The first kappa shape index (κ1) is 18.3. The molecule has 0 unspecified atom stereocenters. The normalized spacial score (nSPS) is 11.7. The van der Waals surface area contributed by atoms with Crippen molar-refractivity contribution in [1.29, 1.82) is 0 Å². The predicted molar refractivity (Wildman–Crippen MR) is 98.3 cm³/mol. The van der Waals surface area contributed by atoms with Gasteiger partial charge < -0.3 is 9.73 Å². The van der Waals surface area contributed by atoms with Crippen LogP contribution in [0.4, 0.5) is 0 Å². The van der Waals surface area contributed by atoms with Gasteiger partial charge in [0.1, 0.15) is 6.04 Å². The van der Waals surface area contributed by atoms with E-state index in [1.807, 2.05) is 42.5 Å². The van der Waals surface area contributed by atoms with Crippen molar-refractivity contribution in [2.45, 2.75) is 19.9 Å². The number of aryl methyl sites for hydroxylation is 1. The van der Waals surface area contributed by atoms with Gasteiger partial charge in [0.05, 0.1) is 5.69 Å². The van der Waals surface area contributed by atoms with Gasteiger partial charge in [0, 0.05) is 5.56 Å². The van der Waals surface area contributed by atoms with Crippen molar-refractivity contribution in [2.75, 3.05) is 0 Å². The minimum atomic E-state index is -0.790. The smallest absolute Gasteiger partial charge is 0.312 e. The van der Waals surface area contributed by atoms with Crippen LogP contribution in [0.5, 0.6) is 0 Å². The van der Waals surface area contributed by atoms with E-state index in [1.54, 1.807) is 26.0 Å². The molecule has 2 aromatic carbocycles. The van der Waals surface area contributed by atoms with E-state index in [2.05, 4.69) is 10.3 Å². The molecule has 0 fully saturated rings. The molecule has 1 atom stereocenters. The number of rotatable bonds is 5. The summed E-state index contributed by atoms with van der Waals surface area (Å²) >= 11 is 0. The van der Waals surface area contributed by atoms with Gasteiger partial charge in [0.2, 0.25) is 11.7 Å². The van der Waals surface area contributed by atoms with Crippen molar-refractivity contribution >= 4 is 11.8 Å². The standard InChI is InChI=1S/C20H19N3O4/c1-12-17(19(25)23-26)27-20(22-12)13(2)21-18(24)16-10-8-15(9-11-16)14-6-4-3-5-7-14/h3-11,13,26H,1-2H3,(H,21,24)(H,23,25)/t13-/m0/s1. The molecule has 0 bridgehead atoms. The van der Waals surface area contributed by atoms with Crippen LogP contribution in [0.25, 0.3) is 11.1 Å². The fraction of sp³-hybridized carbons (Fsp3) is 0.150. The van der Waals surface area contributed by atoms with Gasteiger partial charge in [-0.15, -0.1) is 0 Å². The molecule has 0 saturated carbocycles. The Kier molecular flexibility index (Phi) is 5.33. The molecule has 3 rings (SSSR count). The molecule has 1 heterocycles. The maximum Gasteiger partial charge on any atom is 0.312 e. The lowest BCUT2D eigenvalue weighted by molar-refractivity contribution is 0.0672. The average molecular weight is 365 g/mol. The molecule has 0 aliphatic heterocycles. The Morgan fingerprint density at radius 1 is 1.00 bits per heavy atom. The third kappa shape index (κ3) is 4.04. The highest BCUT2D eigenvalue weighted by Gasteiger charge is 2.21. The van der Waals surface area contributed by atoms with Crippen LogP contribution in [-0.4, -0.2) is 22.0 Å². The molecule has 0 spiro atoms. The second-order valence-electron chi connectivity index (χ2n) is 6.05. The number of hydroxylamine groups is 1. The Morgan fingerprint density at radius 3 is 2.26 bits per heavy atom. The van der Waals surface area contributed by atoms with Crippen molar-refractivity contribution in [3.8, 4) is 11.1 Å². The third-order valence-corrected chi connectivity index (χ3v) is 4.09. The maximum absolute atomic E-state index is 12.5. The quantitative estimate of drug-likeness (QED) is 0.475. The molecule has 3 N–H and O–H groups in total. The lowest BCUT2D eigenvalue weighted by atomic mass is 10.0. The van der Waals surface area contributed by atoms with Crippen molar-refractivity contribution in [3.05, 3.63) is 77.5 Å². The van der Waals surface area contributed by atoms with Crippen molar-refractivity contribution in [3.63, 3.8) is 0 Å². The van der Waals surface area contributed by atoms with Crippen molar-refractivity contribution in [1.82, 2.24) is 15.8 Å². The van der Waals surface area contributed by atoms with Gasteiger partial charge in [-0.25, -0.2) is 10.5 Å². The number of aromatic nitrogens is 1. The van der Waals surface area contributed by atoms with E-state index in [0.29, 0.717) is 11.3 Å². The minimum absolute atomic E-state index is 0.0965. The molecule has 0 aliphatic rings. The summed E-state index contributed by atoms with van der Waals surface area (Å²) in [6.07, 6.45) is 0. The number of nitrogens with one attached hydrogen (secondary N) is 2. The van der Waals surface area contributed by atoms with E-state index in [0.717, 1.165) is 11.1 Å². The summed E-state index contributed by atoms with van der Waals surface area (Å²) in [5.74, 6) is -0.992. The van der Waals surface area contributed by atoms with E-state index in [9.17, 15) is 9.59 Å². The second kappa shape index (κ2) is 7.84. The fourth-order valence-electron chi connectivity index (χ4n) is 2.65. The molecule has 7 heteroatoms. The van der Waals surface area contributed by atoms with Crippen LogP contribution in [0.3, 0.4) is 0 Å². The van der Waals surface area contributed by atoms with Crippen LogP contribution in [0.2, 0.25) is 0 Å². The number of hydrogen-bond donors (Lipinski definition) is 3. The summed E-state index contributed by atoms with van der Waals surface area (Å²) < 4.78 is 5.34. The van der Waals surface area contributed by atoms with Crippen molar-refractivity contribution in [2.24, 2.45) is 0 Å². The number of amides is 2. The van der Waals surface area contributed by atoms with E-state index in [4.69, 9.17) is 9.62 Å². The van der Waals surface area contributed by atoms with Crippen molar-refractivity contribution < 1.29 is 19.2 Å². The number of hydrogen-bond acceptors (Lipinski definition) is 5. The second-order valence-corrected chi connectivity index (χ2v) is 6.05. The zero-order valence-electron chi connectivity index (χ0n) is 14.9. The van der Waals surface area contributed by atoms with Gasteiger partial charge in [-0.3, -0.25) is 14.8 Å². The van der Waals surface area contributed by atoms with Gasteiger partial charge in [0.25, 0.3) is 5.91 Å². The number of carbonyl (C=O) groups excluding carboxylic acids is 2. The molecular formula is C20H19N3O4. The van der Waals surface area contributed by atoms with Gasteiger partial charge in [-0.1, -0.05) is 42.5 Å². The first-order chi connectivity index (χ1) is 13.0. The van der Waals surface area contributed by atoms with E-state index < -0.39 is 11.9 Å². The lowest BCUT2D eigenvalue weighted by Crippen LogP contribution is -2.26. The van der Waals surface area contributed by atoms with Crippen LogP contribution in [0.1, 0.15) is 45.5 Å². The predicted octanol–water partition coefficient (Wildman–Crippen LogP) is 3.26. The van der Waals surface area contributed by atoms with E-state index in [1.165, 1.54) is 5.48 Å². The van der Waals surface area contributed by atoms with Crippen LogP contribution < -0.4 is 10.8 Å². The van der Waals surface area contributed by atoms with E-state index >= 15 is 0 Å². The molecule has 27 heavy (non-hydrogen) atoms. The highest BCUT2D eigenvalue weighted by atomic mass is 16.5. The highest BCUT2D eigenvalue weighted by molar-refractivity contribution is 5.95. The molecular weight excluding hydrogens is 346 g/mol. The zero-order valence-corrected chi connectivity index (χ0v) is 14.9. The molecule has 1 aromatic heterocycles.